The highest BCUT2D eigenvalue weighted by molar-refractivity contribution is 9.08. The van der Waals surface area contributed by atoms with E-state index in [2.05, 4.69) is 34.0 Å². The summed E-state index contributed by atoms with van der Waals surface area (Å²) >= 11 is 9.47. The normalized spacial score (nSPS) is 10.8. The number of alkyl halides is 1. The standard InChI is InChI=1S/C13H14BrClN2/c1-2-13-11(7-14)8-16-17(13)9-10-4-3-5-12(15)6-10/h3-6,8H,2,7,9H2,1H3. The third-order valence-electron chi connectivity index (χ3n) is 2.74. The Labute approximate surface area is 115 Å². The van der Waals surface area contributed by atoms with Crippen molar-refractivity contribution in [3.63, 3.8) is 0 Å². The summed E-state index contributed by atoms with van der Waals surface area (Å²) in [4.78, 5) is 0. The van der Waals surface area contributed by atoms with Crippen molar-refractivity contribution in [1.82, 2.24) is 9.78 Å². The number of hydrogen-bond donors (Lipinski definition) is 0. The molecule has 0 saturated carbocycles. The Morgan fingerprint density at radius 1 is 1.41 bits per heavy atom. The molecule has 1 aromatic carbocycles. The number of aromatic nitrogens is 2. The number of benzene rings is 1. The Balaban J connectivity index is 2.27. The van der Waals surface area contributed by atoms with E-state index >= 15 is 0 Å². The summed E-state index contributed by atoms with van der Waals surface area (Å²) in [6, 6.07) is 7.91. The zero-order chi connectivity index (χ0) is 12.3. The lowest BCUT2D eigenvalue weighted by molar-refractivity contribution is 0.648. The molecule has 0 unspecified atom stereocenters. The monoisotopic (exact) mass is 312 g/mol. The Hall–Kier alpha value is -0.800. The van der Waals surface area contributed by atoms with Crippen LogP contribution in [0.1, 0.15) is 23.7 Å². The van der Waals surface area contributed by atoms with Crippen LogP contribution in [-0.2, 0) is 18.3 Å². The molecule has 0 aliphatic heterocycles. The predicted octanol–water partition coefficient (Wildman–Crippen LogP) is 4.04. The summed E-state index contributed by atoms with van der Waals surface area (Å²) in [7, 11) is 0. The molecular weight excluding hydrogens is 300 g/mol. The highest BCUT2D eigenvalue weighted by atomic mass is 79.9. The van der Waals surface area contributed by atoms with Gasteiger partial charge in [0.2, 0.25) is 0 Å². The average Bonchev–Trinajstić information content (AvgIpc) is 2.71. The van der Waals surface area contributed by atoms with Gasteiger partial charge >= 0.3 is 0 Å². The second kappa shape index (κ2) is 5.69. The van der Waals surface area contributed by atoms with Crippen LogP contribution in [0.25, 0.3) is 0 Å². The van der Waals surface area contributed by atoms with Crippen LogP contribution in [0.3, 0.4) is 0 Å². The van der Waals surface area contributed by atoms with Crippen molar-refractivity contribution < 1.29 is 0 Å². The van der Waals surface area contributed by atoms with E-state index in [1.165, 1.54) is 16.8 Å². The molecular formula is C13H14BrClN2. The highest BCUT2D eigenvalue weighted by Crippen LogP contribution is 2.16. The maximum absolute atomic E-state index is 5.98. The molecule has 90 valence electrons. The van der Waals surface area contributed by atoms with Gasteiger partial charge in [-0.1, -0.05) is 46.6 Å². The molecule has 2 rings (SSSR count). The molecule has 0 saturated heterocycles. The minimum Gasteiger partial charge on any atom is -0.265 e. The van der Waals surface area contributed by atoms with Crippen molar-refractivity contribution >= 4 is 27.5 Å². The predicted molar refractivity (Wildman–Crippen MR) is 74.8 cm³/mol. The molecule has 0 aliphatic rings. The topological polar surface area (TPSA) is 17.8 Å². The van der Waals surface area contributed by atoms with E-state index in [1.807, 2.05) is 29.1 Å². The van der Waals surface area contributed by atoms with Gasteiger partial charge in [-0.25, -0.2) is 0 Å². The van der Waals surface area contributed by atoms with Gasteiger partial charge in [-0.05, 0) is 24.1 Å². The third-order valence-corrected chi connectivity index (χ3v) is 3.57. The maximum Gasteiger partial charge on any atom is 0.0663 e. The van der Waals surface area contributed by atoms with Gasteiger partial charge in [0.25, 0.3) is 0 Å². The largest absolute Gasteiger partial charge is 0.265 e. The van der Waals surface area contributed by atoms with Gasteiger partial charge in [0, 0.05) is 21.6 Å². The summed E-state index contributed by atoms with van der Waals surface area (Å²) in [5.74, 6) is 0. The SMILES string of the molecule is CCc1c(CBr)cnn1Cc1cccc(Cl)c1. The summed E-state index contributed by atoms with van der Waals surface area (Å²) in [5, 5.41) is 6.05. The fourth-order valence-electron chi connectivity index (χ4n) is 1.92. The van der Waals surface area contributed by atoms with E-state index in [9.17, 15) is 0 Å². The lowest BCUT2D eigenvalue weighted by atomic mass is 10.2. The second-order valence-corrected chi connectivity index (χ2v) is 4.89. The molecule has 0 amide bonds. The number of rotatable bonds is 4. The zero-order valence-electron chi connectivity index (χ0n) is 9.66. The minimum absolute atomic E-state index is 0.772. The quantitative estimate of drug-likeness (QED) is 0.779. The van der Waals surface area contributed by atoms with Crippen molar-refractivity contribution in [3.05, 3.63) is 52.3 Å². The average molecular weight is 314 g/mol. The van der Waals surface area contributed by atoms with Gasteiger partial charge in [-0.3, -0.25) is 4.68 Å². The molecule has 1 heterocycles. The first kappa shape index (κ1) is 12.7. The summed E-state index contributed by atoms with van der Waals surface area (Å²) in [6.07, 6.45) is 2.92. The maximum atomic E-state index is 5.98. The fourth-order valence-corrected chi connectivity index (χ4v) is 2.60. The molecule has 1 aromatic heterocycles. The Morgan fingerprint density at radius 3 is 2.88 bits per heavy atom. The summed E-state index contributed by atoms with van der Waals surface area (Å²) < 4.78 is 2.04. The molecule has 0 atom stereocenters. The lowest BCUT2D eigenvalue weighted by Crippen LogP contribution is -2.06. The van der Waals surface area contributed by atoms with Crippen LogP contribution in [0.4, 0.5) is 0 Å². The molecule has 0 radical (unpaired) electrons. The van der Waals surface area contributed by atoms with Gasteiger partial charge < -0.3 is 0 Å². The van der Waals surface area contributed by atoms with Crippen LogP contribution in [0, 0.1) is 0 Å². The highest BCUT2D eigenvalue weighted by Gasteiger charge is 2.08. The molecule has 0 N–H and O–H groups in total. The van der Waals surface area contributed by atoms with E-state index in [0.717, 1.165) is 23.3 Å². The molecule has 0 spiro atoms. The Bertz CT molecular complexity index is 508. The zero-order valence-corrected chi connectivity index (χ0v) is 12.0. The molecule has 2 nitrogen and oxygen atoms in total. The van der Waals surface area contributed by atoms with Crippen LogP contribution >= 0.6 is 27.5 Å². The first-order chi connectivity index (χ1) is 8.24. The van der Waals surface area contributed by atoms with Crippen LogP contribution in [0.15, 0.2) is 30.5 Å². The minimum atomic E-state index is 0.772. The van der Waals surface area contributed by atoms with Crippen molar-refractivity contribution in [2.45, 2.75) is 25.2 Å². The van der Waals surface area contributed by atoms with Gasteiger partial charge in [0.1, 0.15) is 0 Å². The van der Waals surface area contributed by atoms with E-state index in [0.29, 0.717) is 0 Å². The van der Waals surface area contributed by atoms with Gasteiger partial charge in [0.15, 0.2) is 0 Å². The molecule has 4 heteroatoms. The third kappa shape index (κ3) is 2.90. The molecule has 0 bridgehead atoms. The first-order valence-electron chi connectivity index (χ1n) is 5.58. The van der Waals surface area contributed by atoms with Crippen molar-refractivity contribution in [2.24, 2.45) is 0 Å². The van der Waals surface area contributed by atoms with E-state index in [-0.39, 0.29) is 0 Å². The fraction of sp³-hybridized carbons (Fsp3) is 0.308. The van der Waals surface area contributed by atoms with E-state index in [4.69, 9.17) is 11.6 Å². The Morgan fingerprint density at radius 2 is 2.24 bits per heavy atom. The van der Waals surface area contributed by atoms with Crippen LogP contribution in [0.5, 0.6) is 0 Å². The smallest absolute Gasteiger partial charge is 0.0663 e. The van der Waals surface area contributed by atoms with Crippen molar-refractivity contribution in [1.29, 1.82) is 0 Å². The number of hydrogen-bond acceptors (Lipinski definition) is 1. The van der Waals surface area contributed by atoms with Crippen LogP contribution < -0.4 is 0 Å². The molecule has 2 aromatic rings. The molecule has 0 aliphatic carbocycles. The summed E-state index contributed by atoms with van der Waals surface area (Å²) in [5.41, 5.74) is 3.72. The Kier molecular flexibility index (Phi) is 4.24. The first-order valence-corrected chi connectivity index (χ1v) is 7.08. The second-order valence-electron chi connectivity index (χ2n) is 3.89. The van der Waals surface area contributed by atoms with Gasteiger partial charge in [-0.15, -0.1) is 0 Å². The van der Waals surface area contributed by atoms with Crippen LogP contribution in [-0.4, -0.2) is 9.78 Å². The lowest BCUT2D eigenvalue weighted by Gasteiger charge is -2.07. The van der Waals surface area contributed by atoms with Crippen molar-refractivity contribution in [2.75, 3.05) is 0 Å². The van der Waals surface area contributed by atoms with Crippen LogP contribution in [0.2, 0.25) is 5.02 Å². The number of nitrogens with zero attached hydrogens (tertiary/aromatic N) is 2. The van der Waals surface area contributed by atoms with E-state index < -0.39 is 0 Å². The van der Waals surface area contributed by atoms with Gasteiger partial charge in [-0.2, -0.15) is 5.10 Å². The van der Waals surface area contributed by atoms with Crippen molar-refractivity contribution in [3.8, 4) is 0 Å². The summed E-state index contributed by atoms with van der Waals surface area (Å²) in [6.45, 7) is 2.92. The number of halogens is 2. The molecule has 0 fully saturated rings. The van der Waals surface area contributed by atoms with E-state index in [1.54, 1.807) is 0 Å². The molecule has 17 heavy (non-hydrogen) atoms. The van der Waals surface area contributed by atoms with Gasteiger partial charge in [0.05, 0.1) is 12.7 Å².